The van der Waals surface area contributed by atoms with Crippen molar-refractivity contribution in [1.29, 1.82) is 0 Å². The van der Waals surface area contributed by atoms with Gasteiger partial charge in [-0.2, -0.15) is 0 Å². The van der Waals surface area contributed by atoms with Gasteiger partial charge in [-0.25, -0.2) is 0 Å². The maximum absolute atomic E-state index is 13.0. The predicted molar refractivity (Wildman–Crippen MR) is 102 cm³/mol. The Morgan fingerprint density at radius 1 is 1.03 bits per heavy atom. The van der Waals surface area contributed by atoms with Gasteiger partial charge < -0.3 is 15.2 Å². The highest BCUT2D eigenvalue weighted by Crippen LogP contribution is 2.30. The van der Waals surface area contributed by atoms with E-state index in [-0.39, 0.29) is 12.8 Å². The van der Waals surface area contributed by atoms with Crippen molar-refractivity contribution in [2.24, 2.45) is 5.73 Å². The molecule has 29 heavy (non-hydrogen) atoms. The summed E-state index contributed by atoms with van der Waals surface area (Å²) in [5.74, 6) is -1.97. The van der Waals surface area contributed by atoms with Gasteiger partial charge in [-0.3, -0.25) is 29.4 Å². The number of rotatable bonds is 10. The number of hydrogen-bond acceptors (Lipinski definition) is 7. The van der Waals surface area contributed by atoms with Gasteiger partial charge in [0.1, 0.15) is 6.04 Å². The van der Waals surface area contributed by atoms with Crippen LogP contribution in [-0.2, 0) is 25.5 Å². The first-order chi connectivity index (χ1) is 14.0. The molecule has 4 amide bonds. The van der Waals surface area contributed by atoms with E-state index in [1.807, 2.05) is 6.07 Å². The molecule has 9 heteroatoms. The lowest BCUT2D eigenvalue weighted by Crippen LogP contribution is -2.54. The molecule has 0 radical (unpaired) electrons. The summed E-state index contributed by atoms with van der Waals surface area (Å²) in [6.07, 6.45) is 1.48. The molecule has 3 rings (SSSR count). The van der Waals surface area contributed by atoms with Gasteiger partial charge in [-0.1, -0.05) is 12.1 Å². The van der Waals surface area contributed by atoms with E-state index in [1.54, 1.807) is 12.1 Å². The Kier molecular flexibility index (Phi) is 7.08. The van der Waals surface area contributed by atoms with Crippen LogP contribution in [0.15, 0.2) is 18.2 Å². The van der Waals surface area contributed by atoms with Crippen LogP contribution in [0.5, 0.6) is 0 Å². The maximum atomic E-state index is 13.0. The first kappa shape index (κ1) is 21.1. The van der Waals surface area contributed by atoms with Gasteiger partial charge >= 0.3 is 0 Å². The highest BCUT2D eigenvalue weighted by molar-refractivity contribution is 6.24. The summed E-state index contributed by atoms with van der Waals surface area (Å²) in [6.45, 7) is 2.41. The van der Waals surface area contributed by atoms with Crippen LogP contribution in [0.25, 0.3) is 0 Å². The van der Waals surface area contributed by atoms with Crippen molar-refractivity contribution in [2.75, 3.05) is 33.0 Å². The number of carbonyl (C=O) groups is 4. The number of ether oxygens (including phenoxy) is 2. The van der Waals surface area contributed by atoms with Crippen LogP contribution < -0.4 is 11.1 Å². The molecule has 1 unspecified atom stereocenters. The number of nitrogens with one attached hydrogen (secondary N) is 1. The Labute approximate surface area is 168 Å². The number of piperidine rings is 1. The molecule has 3 N–H and O–H groups in total. The molecule has 0 saturated carbocycles. The summed E-state index contributed by atoms with van der Waals surface area (Å²) >= 11 is 0. The lowest BCUT2D eigenvalue weighted by molar-refractivity contribution is -0.136. The summed E-state index contributed by atoms with van der Waals surface area (Å²) in [7, 11) is 0. The molecule has 1 saturated heterocycles. The molecule has 156 valence electrons. The molecule has 1 aromatic carbocycles. The Bertz CT molecular complexity index is 809. The first-order valence-corrected chi connectivity index (χ1v) is 9.73. The fourth-order valence-corrected chi connectivity index (χ4v) is 3.56. The van der Waals surface area contributed by atoms with E-state index in [0.29, 0.717) is 56.9 Å². The van der Waals surface area contributed by atoms with E-state index in [9.17, 15) is 19.2 Å². The van der Waals surface area contributed by atoms with Crippen molar-refractivity contribution >= 4 is 23.6 Å². The van der Waals surface area contributed by atoms with Gasteiger partial charge in [0, 0.05) is 19.6 Å². The van der Waals surface area contributed by atoms with Crippen molar-refractivity contribution in [2.45, 2.75) is 31.7 Å². The summed E-state index contributed by atoms with van der Waals surface area (Å²) in [5, 5.41) is 2.20. The zero-order valence-corrected chi connectivity index (χ0v) is 16.1. The van der Waals surface area contributed by atoms with Crippen molar-refractivity contribution in [3.63, 3.8) is 0 Å². The Morgan fingerprint density at radius 3 is 2.52 bits per heavy atom. The standard InChI is InChI=1S/C20H25N3O6/c21-8-10-29-12-11-28-9-2-4-13-3-1-5-14-17(13)20(27)23(19(14)26)15-6-7-16(24)22-18(15)25/h1,3,5,15H,2,4,6-12,21H2,(H,22,24,25). The largest absolute Gasteiger partial charge is 0.379 e. The van der Waals surface area contributed by atoms with E-state index in [4.69, 9.17) is 15.2 Å². The Morgan fingerprint density at radius 2 is 1.79 bits per heavy atom. The average molecular weight is 403 g/mol. The number of imide groups is 2. The van der Waals surface area contributed by atoms with Crippen LogP contribution in [0.3, 0.4) is 0 Å². The molecule has 2 aliphatic heterocycles. The number of nitrogens with zero attached hydrogens (tertiary/aromatic N) is 1. The number of amides is 4. The number of aryl methyl sites for hydroxylation is 1. The first-order valence-electron chi connectivity index (χ1n) is 9.73. The van der Waals surface area contributed by atoms with Crippen LogP contribution in [0.4, 0.5) is 0 Å². The van der Waals surface area contributed by atoms with Crippen molar-refractivity contribution in [1.82, 2.24) is 10.2 Å². The lowest BCUT2D eigenvalue weighted by Gasteiger charge is -2.27. The van der Waals surface area contributed by atoms with Gasteiger partial charge in [0.25, 0.3) is 11.8 Å². The zero-order chi connectivity index (χ0) is 20.8. The van der Waals surface area contributed by atoms with Crippen LogP contribution in [-0.4, -0.2) is 67.5 Å². The molecule has 0 bridgehead atoms. The Balaban J connectivity index is 1.61. The smallest absolute Gasteiger partial charge is 0.262 e. The fraction of sp³-hybridized carbons (Fsp3) is 0.500. The van der Waals surface area contributed by atoms with Gasteiger partial charge in [0.2, 0.25) is 11.8 Å². The number of fused-ring (bicyclic) bond motifs is 1. The van der Waals surface area contributed by atoms with E-state index in [2.05, 4.69) is 5.32 Å². The van der Waals surface area contributed by atoms with Gasteiger partial charge in [0.05, 0.1) is 30.9 Å². The van der Waals surface area contributed by atoms with Crippen LogP contribution in [0.2, 0.25) is 0 Å². The second kappa shape index (κ2) is 9.73. The number of nitrogens with two attached hydrogens (primary N) is 1. The fourth-order valence-electron chi connectivity index (χ4n) is 3.56. The molecule has 0 aromatic heterocycles. The van der Waals surface area contributed by atoms with Crippen LogP contribution >= 0.6 is 0 Å². The second-order valence-corrected chi connectivity index (χ2v) is 6.90. The molecular formula is C20H25N3O6. The van der Waals surface area contributed by atoms with E-state index in [0.717, 1.165) is 10.5 Å². The maximum Gasteiger partial charge on any atom is 0.262 e. The molecule has 0 aliphatic carbocycles. The summed E-state index contributed by atoms with van der Waals surface area (Å²) in [4.78, 5) is 50.3. The van der Waals surface area contributed by atoms with Crippen LogP contribution in [0, 0.1) is 0 Å². The van der Waals surface area contributed by atoms with E-state index >= 15 is 0 Å². The number of hydrogen-bond donors (Lipinski definition) is 2. The molecule has 2 aliphatic rings. The minimum Gasteiger partial charge on any atom is -0.379 e. The topological polar surface area (TPSA) is 128 Å². The monoisotopic (exact) mass is 403 g/mol. The molecular weight excluding hydrogens is 378 g/mol. The Hall–Kier alpha value is -2.62. The normalized spacial score (nSPS) is 18.9. The highest BCUT2D eigenvalue weighted by Gasteiger charge is 2.45. The molecule has 9 nitrogen and oxygen atoms in total. The van der Waals surface area contributed by atoms with Crippen molar-refractivity contribution in [3.05, 3.63) is 34.9 Å². The zero-order valence-electron chi connectivity index (χ0n) is 16.1. The van der Waals surface area contributed by atoms with Crippen molar-refractivity contribution < 1.29 is 28.7 Å². The molecule has 0 spiro atoms. The second-order valence-electron chi connectivity index (χ2n) is 6.90. The van der Waals surface area contributed by atoms with Gasteiger partial charge in [-0.15, -0.1) is 0 Å². The molecule has 1 fully saturated rings. The molecule has 2 heterocycles. The summed E-state index contributed by atoms with van der Waals surface area (Å²) in [5.41, 5.74) is 6.72. The average Bonchev–Trinajstić information content (AvgIpc) is 2.95. The molecule has 1 atom stereocenters. The van der Waals surface area contributed by atoms with Crippen molar-refractivity contribution in [3.8, 4) is 0 Å². The van der Waals surface area contributed by atoms with Gasteiger partial charge in [0.15, 0.2) is 0 Å². The van der Waals surface area contributed by atoms with Crippen LogP contribution in [0.1, 0.15) is 45.5 Å². The summed E-state index contributed by atoms with van der Waals surface area (Å²) < 4.78 is 10.7. The minimum absolute atomic E-state index is 0.100. The predicted octanol–water partition coefficient (Wildman–Crippen LogP) is 0.0123. The summed E-state index contributed by atoms with van der Waals surface area (Å²) in [6, 6.07) is 4.18. The third-order valence-electron chi connectivity index (χ3n) is 4.92. The van der Waals surface area contributed by atoms with E-state index < -0.39 is 29.7 Å². The minimum atomic E-state index is -0.954. The third-order valence-corrected chi connectivity index (χ3v) is 4.92. The number of benzene rings is 1. The quantitative estimate of drug-likeness (QED) is 0.416. The SMILES string of the molecule is NCCOCCOCCCc1cccc2c1C(=O)N(C1CCC(=O)NC1=O)C2=O. The van der Waals surface area contributed by atoms with Gasteiger partial charge in [-0.05, 0) is 30.9 Å². The highest BCUT2D eigenvalue weighted by atomic mass is 16.5. The number of carbonyl (C=O) groups excluding carboxylic acids is 4. The molecule has 1 aromatic rings. The van der Waals surface area contributed by atoms with E-state index in [1.165, 1.54) is 0 Å². The lowest BCUT2D eigenvalue weighted by atomic mass is 9.99. The third kappa shape index (κ3) is 4.69.